The highest BCUT2D eigenvalue weighted by atomic mass is 16.5. The molecule has 0 fully saturated rings. The number of benzene rings is 1. The van der Waals surface area contributed by atoms with Crippen LogP contribution in [0.15, 0.2) is 24.3 Å². The number of carbonyl (C=O) groups is 1. The van der Waals surface area contributed by atoms with Gasteiger partial charge in [-0.05, 0) is 26.3 Å². The van der Waals surface area contributed by atoms with E-state index in [1.165, 1.54) is 5.56 Å². The molecule has 0 aliphatic rings. The second-order valence-electron chi connectivity index (χ2n) is 3.84. The van der Waals surface area contributed by atoms with Gasteiger partial charge in [-0.25, -0.2) is 0 Å². The third-order valence-corrected chi connectivity index (χ3v) is 2.39. The molecule has 0 aliphatic heterocycles. The summed E-state index contributed by atoms with van der Waals surface area (Å²) in [5.74, 6) is -0.0741. The highest BCUT2D eigenvalue weighted by Gasteiger charge is 2.08. The molecule has 0 saturated heterocycles. The van der Waals surface area contributed by atoms with Crippen molar-refractivity contribution in [1.29, 1.82) is 0 Å². The van der Waals surface area contributed by atoms with Crippen molar-refractivity contribution in [3.05, 3.63) is 35.4 Å². The summed E-state index contributed by atoms with van der Waals surface area (Å²) >= 11 is 0. The molecule has 0 aliphatic carbocycles. The van der Waals surface area contributed by atoms with E-state index >= 15 is 0 Å². The minimum Gasteiger partial charge on any atom is -0.372 e. The van der Waals surface area contributed by atoms with Crippen LogP contribution in [-0.4, -0.2) is 19.1 Å². The average Bonchev–Trinajstić information content (AvgIpc) is 2.27. The molecule has 0 aromatic heterocycles. The lowest BCUT2D eigenvalue weighted by Gasteiger charge is -2.14. The summed E-state index contributed by atoms with van der Waals surface area (Å²) in [6.07, 6.45) is 0. The number of carbonyl (C=O) groups excluding carboxylic acids is 1. The molecule has 88 valence electrons. The molecule has 0 bridgehead atoms. The third kappa shape index (κ3) is 4.03. The Hall–Kier alpha value is -1.35. The molecular weight excluding hydrogens is 202 g/mol. The first-order valence-corrected chi connectivity index (χ1v) is 5.57. The summed E-state index contributed by atoms with van der Waals surface area (Å²) < 4.78 is 5.04. The number of hydrogen-bond acceptors (Lipinski definition) is 2. The van der Waals surface area contributed by atoms with E-state index in [4.69, 9.17) is 4.74 Å². The van der Waals surface area contributed by atoms with E-state index in [1.807, 2.05) is 45.0 Å². The van der Waals surface area contributed by atoms with Gasteiger partial charge in [-0.15, -0.1) is 0 Å². The summed E-state index contributed by atoms with van der Waals surface area (Å²) in [6, 6.07) is 8.16. The van der Waals surface area contributed by atoms with Crippen LogP contribution < -0.4 is 5.32 Å². The van der Waals surface area contributed by atoms with E-state index in [2.05, 4.69) is 5.32 Å². The lowest BCUT2D eigenvalue weighted by Crippen LogP contribution is -2.30. The SMILES string of the molecule is CCOCC(=O)N[C@H](C)c1ccc(C)cc1. The summed E-state index contributed by atoms with van der Waals surface area (Å²) in [7, 11) is 0. The molecule has 0 unspecified atom stereocenters. The van der Waals surface area contributed by atoms with E-state index in [0.29, 0.717) is 6.61 Å². The van der Waals surface area contributed by atoms with E-state index in [9.17, 15) is 4.79 Å². The lowest BCUT2D eigenvalue weighted by molar-refractivity contribution is -0.126. The van der Waals surface area contributed by atoms with Gasteiger partial charge >= 0.3 is 0 Å². The van der Waals surface area contributed by atoms with Crippen LogP contribution in [0.4, 0.5) is 0 Å². The van der Waals surface area contributed by atoms with Gasteiger partial charge in [0.1, 0.15) is 6.61 Å². The fourth-order valence-corrected chi connectivity index (χ4v) is 1.42. The zero-order chi connectivity index (χ0) is 12.0. The van der Waals surface area contributed by atoms with Gasteiger partial charge in [-0.3, -0.25) is 4.79 Å². The molecule has 1 amide bonds. The van der Waals surface area contributed by atoms with Crippen molar-refractivity contribution in [1.82, 2.24) is 5.32 Å². The molecule has 16 heavy (non-hydrogen) atoms. The van der Waals surface area contributed by atoms with Crippen LogP contribution in [0.2, 0.25) is 0 Å². The molecule has 3 heteroatoms. The molecular formula is C13H19NO2. The van der Waals surface area contributed by atoms with Gasteiger partial charge in [-0.2, -0.15) is 0 Å². The van der Waals surface area contributed by atoms with Crippen molar-refractivity contribution in [2.24, 2.45) is 0 Å². The van der Waals surface area contributed by atoms with Crippen molar-refractivity contribution in [3.63, 3.8) is 0 Å². The summed E-state index contributed by atoms with van der Waals surface area (Å²) in [4.78, 5) is 11.4. The molecule has 0 heterocycles. The summed E-state index contributed by atoms with van der Waals surface area (Å²) in [5.41, 5.74) is 2.33. The Balaban J connectivity index is 2.48. The number of ether oxygens (including phenoxy) is 1. The zero-order valence-corrected chi connectivity index (χ0v) is 10.1. The maximum Gasteiger partial charge on any atom is 0.246 e. The largest absolute Gasteiger partial charge is 0.372 e. The predicted octanol–water partition coefficient (Wildman–Crippen LogP) is 2.21. The third-order valence-electron chi connectivity index (χ3n) is 2.39. The summed E-state index contributed by atoms with van der Waals surface area (Å²) in [6.45, 7) is 6.58. The van der Waals surface area contributed by atoms with E-state index in [0.717, 1.165) is 5.56 Å². The van der Waals surface area contributed by atoms with Crippen molar-refractivity contribution < 1.29 is 9.53 Å². The van der Waals surface area contributed by atoms with Gasteiger partial charge in [-0.1, -0.05) is 29.8 Å². The fourth-order valence-electron chi connectivity index (χ4n) is 1.42. The molecule has 1 rings (SSSR count). The van der Waals surface area contributed by atoms with Crippen LogP contribution in [0.3, 0.4) is 0 Å². The highest BCUT2D eigenvalue weighted by molar-refractivity contribution is 5.77. The van der Waals surface area contributed by atoms with Crippen LogP contribution in [0.25, 0.3) is 0 Å². The second-order valence-corrected chi connectivity index (χ2v) is 3.84. The van der Waals surface area contributed by atoms with Crippen LogP contribution in [0.5, 0.6) is 0 Å². The monoisotopic (exact) mass is 221 g/mol. The van der Waals surface area contributed by atoms with E-state index in [1.54, 1.807) is 0 Å². The molecule has 0 saturated carbocycles. The Kier molecular flexibility index (Phi) is 4.99. The van der Waals surface area contributed by atoms with Gasteiger partial charge in [0, 0.05) is 6.61 Å². The Morgan fingerprint density at radius 2 is 2.00 bits per heavy atom. The number of nitrogens with one attached hydrogen (secondary N) is 1. The highest BCUT2D eigenvalue weighted by Crippen LogP contribution is 2.12. The topological polar surface area (TPSA) is 38.3 Å². The maximum atomic E-state index is 11.4. The van der Waals surface area contributed by atoms with Crippen molar-refractivity contribution >= 4 is 5.91 Å². The molecule has 1 aromatic carbocycles. The van der Waals surface area contributed by atoms with E-state index < -0.39 is 0 Å². The van der Waals surface area contributed by atoms with Crippen LogP contribution in [0, 0.1) is 6.92 Å². The summed E-state index contributed by atoms with van der Waals surface area (Å²) in [5, 5.41) is 2.89. The fraction of sp³-hybridized carbons (Fsp3) is 0.462. The Bertz CT molecular complexity index is 332. The molecule has 0 spiro atoms. The number of amides is 1. The van der Waals surface area contributed by atoms with Gasteiger partial charge in [0.15, 0.2) is 0 Å². The van der Waals surface area contributed by atoms with Gasteiger partial charge < -0.3 is 10.1 Å². The molecule has 1 N–H and O–H groups in total. The van der Waals surface area contributed by atoms with Crippen LogP contribution >= 0.6 is 0 Å². The normalized spacial score (nSPS) is 12.2. The van der Waals surface area contributed by atoms with Crippen molar-refractivity contribution in [2.75, 3.05) is 13.2 Å². The minimum absolute atomic E-state index is 0.0218. The van der Waals surface area contributed by atoms with Crippen molar-refractivity contribution in [3.8, 4) is 0 Å². The second kappa shape index (κ2) is 6.28. The maximum absolute atomic E-state index is 11.4. The molecule has 1 aromatic rings. The molecule has 3 nitrogen and oxygen atoms in total. The van der Waals surface area contributed by atoms with Gasteiger partial charge in [0.25, 0.3) is 0 Å². The van der Waals surface area contributed by atoms with Crippen LogP contribution in [0.1, 0.15) is 31.0 Å². The first-order chi connectivity index (χ1) is 7.63. The van der Waals surface area contributed by atoms with Gasteiger partial charge in [0.2, 0.25) is 5.91 Å². The van der Waals surface area contributed by atoms with Crippen LogP contribution in [-0.2, 0) is 9.53 Å². The average molecular weight is 221 g/mol. The van der Waals surface area contributed by atoms with Gasteiger partial charge in [0.05, 0.1) is 6.04 Å². The Morgan fingerprint density at radius 1 is 1.38 bits per heavy atom. The first-order valence-electron chi connectivity index (χ1n) is 5.57. The number of rotatable bonds is 5. The molecule has 1 atom stereocenters. The standard InChI is InChI=1S/C13H19NO2/c1-4-16-9-13(15)14-11(3)12-7-5-10(2)6-8-12/h5-8,11H,4,9H2,1-3H3,(H,14,15)/t11-/m1/s1. The number of aryl methyl sites for hydroxylation is 1. The zero-order valence-electron chi connectivity index (χ0n) is 10.1. The lowest BCUT2D eigenvalue weighted by atomic mass is 10.1. The Labute approximate surface area is 96.8 Å². The van der Waals surface area contributed by atoms with E-state index in [-0.39, 0.29) is 18.6 Å². The minimum atomic E-state index is -0.0741. The first kappa shape index (κ1) is 12.7. The molecule has 0 radical (unpaired) electrons. The predicted molar refractivity (Wildman–Crippen MR) is 64.2 cm³/mol. The smallest absolute Gasteiger partial charge is 0.246 e. The Morgan fingerprint density at radius 3 is 2.56 bits per heavy atom. The van der Waals surface area contributed by atoms with Crippen molar-refractivity contribution in [2.45, 2.75) is 26.8 Å². The quantitative estimate of drug-likeness (QED) is 0.827. The number of hydrogen-bond donors (Lipinski definition) is 1.